The van der Waals surface area contributed by atoms with Crippen molar-refractivity contribution in [3.63, 3.8) is 0 Å². The number of hydrogen-bond donors (Lipinski definition) is 2. The van der Waals surface area contributed by atoms with E-state index in [-0.39, 0.29) is 0 Å². The molecular formula is C12H19N5O. The molecule has 2 rings (SSSR count). The molecule has 1 aromatic heterocycles. The molecule has 6 nitrogen and oxygen atoms in total. The van der Waals surface area contributed by atoms with Crippen LogP contribution in [0.3, 0.4) is 0 Å². The van der Waals surface area contributed by atoms with Crippen LogP contribution in [0.2, 0.25) is 0 Å². The highest BCUT2D eigenvalue weighted by Crippen LogP contribution is 2.24. The van der Waals surface area contributed by atoms with Gasteiger partial charge in [-0.15, -0.1) is 0 Å². The first-order valence-electron chi connectivity index (χ1n) is 6.17. The largest absolute Gasteiger partial charge is 0.467 e. The summed E-state index contributed by atoms with van der Waals surface area (Å²) in [5.74, 6) is 1.23. The van der Waals surface area contributed by atoms with Crippen LogP contribution >= 0.6 is 0 Å². The standard InChI is InChI=1S/C12H19N5O/c1-18-12-14-6-5-10(17-12)8-16-11(13)15-7-9-3-2-4-9/h5-6,9H,2-4,7-8H2,1H3,(H3,13,15,16). The van der Waals surface area contributed by atoms with E-state index in [9.17, 15) is 0 Å². The van der Waals surface area contributed by atoms with Crippen molar-refractivity contribution in [2.45, 2.75) is 25.8 Å². The summed E-state index contributed by atoms with van der Waals surface area (Å²) < 4.78 is 4.95. The van der Waals surface area contributed by atoms with Crippen LogP contribution in [-0.2, 0) is 6.54 Å². The van der Waals surface area contributed by atoms with Gasteiger partial charge in [-0.05, 0) is 24.8 Å². The highest BCUT2D eigenvalue weighted by molar-refractivity contribution is 5.77. The third kappa shape index (κ3) is 3.58. The lowest BCUT2D eigenvalue weighted by molar-refractivity contribution is 0.315. The minimum atomic E-state index is 0.351. The zero-order valence-corrected chi connectivity index (χ0v) is 10.6. The van der Waals surface area contributed by atoms with E-state index >= 15 is 0 Å². The van der Waals surface area contributed by atoms with Gasteiger partial charge in [0.05, 0.1) is 19.3 Å². The van der Waals surface area contributed by atoms with Gasteiger partial charge < -0.3 is 15.8 Å². The maximum atomic E-state index is 5.78. The lowest BCUT2D eigenvalue weighted by atomic mass is 9.85. The van der Waals surface area contributed by atoms with Gasteiger partial charge >= 0.3 is 6.01 Å². The van der Waals surface area contributed by atoms with Crippen LogP contribution in [-0.4, -0.2) is 29.6 Å². The molecule has 18 heavy (non-hydrogen) atoms. The van der Waals surface area contributed by atoms with Gasteiger partial charge in [0.25, 0.3) is 0 Å². The van der Waals surface area contributed by atoms with Crippen LogP contribution in [0.5, 0.6) is 6.01 Å². The van der Waals surface area contributed by atoms with Crippen molar-refractivity contribution in [2.24, 2.45) is 16.6 Å². The van der Waals surface area contributed by atoms with Gasteiger partial charge in [-0.3, -0.25) is 0 Å². The maximum absolute atomic E-state index is 5.78. The monoisotopic (exact) mass is 249 g/mol. The molecule has 0 aromatic carbocycles. The Balaban J connectivity index is 1.80. The first-order valence-corrected chi connectivity index (χ1v) is 6.17. The zero-order valence-electron chi connectivity index (χ0n) is 10.6. The number of nitrogens with one attached hydrogen (secondary N) is 1. The number of rotatable bonds is 5. The molecule has 6 heteroatoms. The first kappa shape index (κ1) is 12.6. The third-order valence-electron chi connectivity index (χ3n) is 3.08. The van der Waals surface area contributed by atoms with E-state index in [1.54, 1.807) is 12.3 Å². The fourth-order valence-electron chi connectivity index (χ4n) is 1.73. The normalized spacial score (nSPS) is 16.2. The van der Waals surface area contributed by atoms with Gasteiger partial charge in [-0.2, -0.15) is 4.98 Å². The lowest BCUT2D eigenvalue weighted by Crippen LogP contribution is -2.37. The van der Waals surface area contributed by atoms with E-state index in [1.807, 2.05) is 0 Å². The summed E-state index contributed by atoms with van der Waals surface area (Å²) in [5, 5.41) is 3.14. The van der Waals surface area contributed by atoms with E-state index in [0.717, 1.165) is 18.2 Å². The van der Waals surface area contributed by atoms with E-state index in [1.165, 1.54) is 26.4 Å². The molecule has 0 amide bonds. The predicted octanol–water partition coefficient (Wildman–Crippen LogP) is 0.690. The Labute approximate surface area is 107 Å². The Morgan fingerprint density at radius 1 is 1.61 bits per heavy atom. The van der Waals surface area contributed by atoms with Crippen molar-refractivity contribution in [3.05, 3.63) is 18.0 Å². The molecule has 1 saturated carbocycles. The second-order valence-electron chi connectivity index (χ2n) is 4.41. The summed E-state index contributed by atoms with van der Waals surface area (Å²) >= 11 is 0. The molecule has 0 atom stereocenters. The second kappa shape index (κ2) is 6.18. The van der Waals surface area contributed by atoms with E-state index in [2.05, 4.69) is 20.3 Å². The van der Waals surface area contributed by atoms with Crippen molar-refractivity contribution in [1.82, 2.24) is 15.3 Å². The SMILES string of the molecule is COc1nccc(CN=C(N)NCC2CCC2)n1. The summed E-state index contributed by atoms with van der Waals surface area (Å²) in [6, 6.07) is 2.15. The molecule has 1 aromatic rings. The molecule has 0 bridgehead atoms. The topological polar surface area (TPSA) is 85.4 Å². The fraction of sp³-hybridized carbons (Fsp3) is 0.583. The third-order valence-corrected chi connectivity index (χ3v) is 3.08. The zero-order chi connectivity index (χ0) is 12.8. The molecule has 1 fully saturated rings. The Hall–Kier alpha value is -1.85. The molecule has 1 heterocycles. The van der Waals surface area contributed by atoms with Crippen LogP contribution < -0.4 is 15.8 Å². The quantitative estimate of drug-likeness (QED) is 0.592. The van der Waals surface area contributed by atoms with Gasteiger partial charge in [0.1, 0.15) is 0 Å². The number of aromatic nitrogens is 2. The highest BCUT2D eigenvalue weighted by Gasteiger charge is 2.16. The molecule has 0 radical (unpaired) electrons. The van der Waals surface area contributed by atoms with Crippen LogP contribution in [0.25, 0.3) is 0 Å². The molecule has 1 aliphatic rings. The molecule has 0 aliphatic heterocycles. The number of guanidine groups is 1. The molecular weight excluding hydrogens is 230 g/mol. The van der Waals surface area contributed by atoms with Gasteiger partial charge in [-0.25, -0.2) is 9.98 Å². The van der Waals surface area contributed by atoms with Crippen LogP contribution in [0.4, 0.5) is 0 Å². The summed E-state index contributed by atoms with van der Waals surface area (Å²) in [4.78, 5) is 12.3. The number of nitrogens with zero attached hydrogens (tertiary/aromatic N) is 3. The van der Waals surface area contributed by atoms with Crippen LogP contribution in [0, 0.1) is 5.92 Å². The summed E-state index contributed by atoms with van der Waals surface area (Å²) in [6.45, 7) is 1.35. The van der Waals surface area contributed by atoms with Crippen molar-refractivity contribution in [3.8, 4) is 6.01 Å². The Kier molecular flexibility index (Phi) is 4.33. The van der Waals surface area contributed by atoms with Gasteiger partial charge in [0.15, 0.2) is 5.96 Å². The maximum Gasteiger partial charge on any atom is 0.316 e. The number of ether oxygens (including phenoxy) is 1. The average Bonchev–Trinajstić information content (AvgIpc) is 2.35. The summed E-state index contributed by atoms with van der Waals surface area (Å²) in [5.41, 5.74) is 6.57. The lowest BCUT2D eigenvalue weighted by Gasteiger charge is -2.25. The van der Waals surface area contributed by atoms with Crippen LogP contribution in [0.1, 0.15) is 25.0 Å². The average molecular weight is 249 g/mol. The molecule has 0 spiro atoms. The molecule has 98 valence electrons. The van der Waals surface area contributed by atoms with Crippen molar-refractivity contribution in [2.75, 3.05) is 13.7 Å². The molecule has 0 saturated heterocycles. The molecule has 3 N–H and O–H groups in total. The smallest absolute Gasteiger partial charge is 0.316 e. The number of hydrogen-bond acceptors (Lipinski definition) is 4. The minimum absolute atomic E-state index is 0.351. The van der Waals surface area contributed by atoms with E-state index in [0.29, 0.717) is 18.5 Å². The summed E-state index contributed by atoms with van der Waals surface area (Å²) in [7, 11) is 1.54. The first-order chi connectivity index (χ1) is 8.78. The number of aliphatic imine (C=N–C) groups is 1. The molecule has 0 unspecified atom stereocenters. The van der Waals surface area contributed by atoms with E-state index < -0.39 is 0 Å². The van der Waals surface area contributed by atoms with Gasteiger partial charge in [0.2, 0.25) is 0 Å². The predicted molar refractivity (Wildman–Crippen MR) is 69.3 cm³/mol. The highest BCUT2D eigenvalue weighted by atomic mass is 16.5. The minimum Gasteiger partial charge on any atom is -0.467 e. The Morgan fingerprint density at radius 2 is 2.44 bits per heavy atom. The Morgan fingerprint density at radius 3 is 3.11 bits per heavy atom. The van der Waals surface area contributed by atoms with Crippen molar-refractivity contribution < 1.29 is 4.74 Å². The molecule has 1 aliphatic carbocycles. The van der Waals surface area contributed by atoms with Crippen molar-refractivity contribution in [1.29, 1.82) is 0 Å². The number of nitrogens with two attached hydrogens (primary N) is 1. The van der Waals surface area contributed by atoms with E-state index in [4.69, 9.17) is 10.5 Å². The van der Waals surface area contributed by atoms with Crippen LogP contribution in [0.15, 0.2) is 17.3 Å². The summed E-state index contributed by atoms with van der Waals surface area (Å²) in [6.07, 6.45) is 5.57. The van der Waals surface area contributed by atoms with Crippen molar-refractivity contribution >= 4 is 5.96 Å². The number of methoxy groups -OCH3 is 1. The second-order valence-corrected chi connectivity index (χ2v) is 4.41. The fourth-order valence-corrected chi connectivity index (χ4v) is 1.73. The van der Waals surface area contributed by atoms with Gasteiger partial charge in [0, 0.05) is 12.7 Å². The Bertz CT molecular complexity index is 417. The van der Waals surface area contributed by atoms with Gasteiger partial charge in [-0.1, -0.05) is 6.42 Å².